The van der Waals surface area contributed by atoms with Crippen LogP contribution in [0.1, 0.15) is 5.56 Å². The topological polar surface area (TPSA) is 74.6 Å². The summed E-state index contributed by atoms with van der Waals surface area (Å²) in [5.74, 6) is 0.270. The fourth-order valence-corrected chi connectivity index (χ4v) is 3.85. The van der Waals surface area contributed by atoms with Crippen LogP contribution in [0, 0.1) is 5.82 Å². The van der Waals surface area contributed by atoms with Gasteiger partial charge in [-0.2, -0.15) is 4.98 Å². The van der Waals surface area contributed by atoms with Crippen LogP contribution >= 0.6 is 0 Å². The first-order valence-electron chi connectivity index (χ1n) is 9.61. The van der Waals surface area contributed by atoms with Crippen molar-refractivity contribution in [2.75, 3.05) is 42.6 Å². The van der Waals surface area contributed by atoms with Gasteiger partial charge in [0.2, 0.25) is 5.95 Å². The molecule has 8 heteroatoms. The molecule has 0 atom stereocenters. The maximum Gasteiger partial charge on any atom is 0.228 e. The van der Waals surface area contributed by atoms with Crippen LogP contribution in [0.2, 0.25) is 0 Å². The minimum Gasteiger partial charge on any atom is -0.505 e. The van der Waals surface area contributed by atoms with Crippen LogP contribution < -0.4 is 9.80 Å². The van der Waals surface area contributed by atoms with E-state index in [1.165, 1.54) is 6.07 Å². The summed E-state index contributed by atoms with van der Waals surface area (Å²) in [7, 11) is 0. The highest BCUT2D eigenvalue weighted by molar-refractivity contribution is 5.77. The average molecular weight is 393 g/mol. The molecule has 29 heavy (non-hydrogen) atoms. The van der Waals surface area contributed by atoms with Crippen molar-refractivity contribution >= 4 is 17.5 Å². The zero-order valence-electron chi connectivity index (χ0n) is 15.8. The number of benzene rings is 1. The molecular formula is C21H20FN5O2. The number of hydrogen-bond donors (Lipinski definition) is 1. The molecule has 2 aliphatic rings. The van der Waals surface area contributed by atoms with Crippen molar-refractivity contribution in [1.82, 2.24) is 15.0 Å². The molecule has 4 heterocycles. The van der Waals surface area contributed by atoms with Crippen molar-refractivity contribution < 1.29 is 14.2 Å². The predicted octanol–water partition coefficient (Wildman–Crippen LogP) is 2.91. The van der Waals surface area contributed by atoms with Crippen LogP contribution in [-0.2, 0) is 11.2 Å². The number of aromatic nitrogens is 3. The predicted molar refractivity (Wildman–Crippen MR) is 107 cm³/mol. The van der Waals surface area contributed by atoms with Crippen molar-refractivity contribution in [2.24, 2.45) is 0 Å². The lowest BCUT2D eigenvalue weighted by Crippen LogP contribution is -2.37. The maximum atomic E-state index is 14.8. The minimum absolute atomic E-state index is 0.287. The molecule has 1 N–H and O–H groups in total. The minimum atomic E-state index is -0.663. The Labute approximate surface area is 167 Å². The lowest BCUT2D eigenvalue weighted by Gasteiger charge is -2.28. The highest BCUT2D eigenvalue weighted by atomic mass is 19.1. The molecule has 1 saturated heterocycles. The summed E-state index contributed by atoms with van der Waals surface area (Å²) < 4.78 is 20.2. The molecule has 1 aromatic carbocycles. The van der Waals surface area contributed by atoms with E-state index in [2.05, 4.69) is 14.8 Å². The summed E-state index contributed by atoms with van der Waals surface area (Å²) >= 11 is 0. The Morgan fingerprint density at radius 1 is 1.00 bits per heavy atom. The Balaban J connectivity index is 1.68. The van der Waals surface area contributed by atoms with Crippen molar-refractivity contribution in [1.29, 1.82) is 0 Å². The Morgan fingerprint density at radius 2 is 1.79 bits per heavy atom. The summed E-state index contributed by atoms with van der Waals surface area (Å²) in [6, 6.07) is 8.48. The lowest BCUT2D eigenvalue weighted by molar-refractivity contribution is 0.122. The Kier molecular flexibility index (Phi) is 4.48. The molecule has 0 bridgehead atoms. The standard InChI is InChI=1S/C21H20FN5O2/c22-18-15(2-1-3-17(18)28)19-16-6-9-27(14-4-7-23-8-5-14)20(16)25-21(24-19)26-10-12-29-13-11-26/h1-5,7-8,28H,6,9-13H2. The molecule has 2 aliphatic heterocycles. The van der Waals surface area contributed by atoms with E-state index in [4.69, 9.17) is 14.7 Å². The first kappa shape index (κ1) is 17.8. The van der Waals surface area contributed by atoms with Crippen molar-refractivity contribution in [3.05, 3.63) is 54.1 Å². The third kappa shape index (κ3) is 3.15. The highest BCUT2D eigenvalue weighted by Crippen LogP contribution is 2.40. The smallest absolute Gasteiger partial charge is 0.228 e. The van der Waals surface area contributed by atoms with Crippen LogP contribution in [0.4, 0.5) is 21.8 Å². The number of halogens is 1. The number of rotatable bonds is 3. The number of phenols is 1. The van der Waals surface area contributed by atoms with E-state index in [0.29, 0.717) is 50.9 Å². The summed E-state index contributed by atoms with van der Waals surface area (Å²) in [6.07, 6.45) is 4.17. The normalized spacial score (nSPS) is 16.2. The van der Waals surface area contributed by atoms with Gasteiger partial charge in [0.25, 0.3) is 0 Å². The van der Waals surface area contributed by atoms with Gasteiger partial charge in [-0.1, -0.05) is 6.07 Å². The number of pyridine rings is 1. The molecule has 0 unspecified atom stereocenters. The molecule has 0 spiro atoms. The number of hydrogen-bond acceptors (Lipinski definition) is 7. The molecule has 3 aromatic rings. The third-order valence-corrected chi connectivity index (χ3v) is 5.32. The number of phenolic OH excluding ortho intramolecular Hbond substituents is 1. The molecule has 1 fully saturated rings. The molecule has 148 valence electrons. The van der Waals surface area contributed by atoms with Gasteiger partial charge in [0.15, 0.2) is 11.6 Å². The van der Waals surface area contributed by atoms with E-state index in [-0.39, 0.29) is 11.3 Å². The highest BCUT2D eigenvalue weighted by Gasteiger charge is 2.30. The van der Waals surface area contributed by atoms with Gasteiger partial charge in [-0.25, -0.2) is 9.37 Å². The van der Waals surface area contributed by atoms with Gasteiger partial charge in [0, 0.05) is 48.8 Å². The molecule has 0 saturated carbocycles. The zero-order valence-corrected chi connectivity index (χ0v) is 15.8. The van der Waals surface area contributed by atoms with Gasteiger partial charge in [0.1, 0.15) is 5.82 Å². The summed E-state index contributed by atoms with van der Waals surface area (Å²) in [5, 5.41) is 9.90. The van der Waals surface area contributed by atoms with Gasteiger partial charge >= 0.3 is 0 Å². The Bertz CT molecular complexity index is 1040. The molecule has 2 aromatic heterocycles. The van der Waals surface area contributed by atoms with E-state index in [0.717, 1.165) is 17.1 Å². The summed E-state index contributed by atoms with van der Waals surface area (Å²) in [4.78, 5) is 17.8. The Hall–Kier alpha value is -3.26. The van der Waals surface area contributed by atoms with E-state index >= 15 is 0 Å². The molecule has 0 radical (unpaired) electrons. The number of nitrogens with zero attached hydrogens (tertiary/aromatic N) is 5. The zero-order chi connectivity index (χ0) is 19.8. The molecule has 7 nitrogen and oxygen atoms in total. The molecule has 0 amide bonds. The van der Waals surface area contributed by atoms with E-state index < -0.39 is 5.82 Å². The van der Waals surface area contributed by atoms with Gasteiger partial charge in [0.05, 0.1) is 18.9 Å². The number of ether oxygens (including phenoxy) is 1. The van der Waals surface area contributed by atoms with E-state index in [1.54, 1.807) is 24.5 Å². The SMILES string of the molecule is Oc1cccc(-c2nc(N3CCOCC3)nc3c2CCN3c2ccncc2)c1F. The first-order valence-corrected chi connectivity index (χ1v) is 9.61. The third-order valence-electron chi connectivity index (χ3n) is 5.32. The fraction of sp³-hybridized carbons (Fsp3) is 0.286. The summed E-state index contributed by atoms with van der Waals surface area (Å²) in [6.45, 7) is 3.27. The maximum absolute atomic E-state index is 14.8. The second-order valence-electron chi connectivity index (χ2n) is 7.02. The number of aromatic hydroxyl groups is 1. The van der Waals surface area contributed by atoms with Crippen molar-refractivity contribution in [2.45, 2.75) is 6.42 Å². The van der Waals surface area contributed by atoms with Crippen LogP contribution in [-0.4, -0.2) is 52.9 Å². The second kappa shape index (κ2) is 7.29. The van der Waals surface area contributed by atoms with Crippen LogP contribution in [0.5, 0.6) is 5.75 Å². The Morgan fingerprint density at radius 3 is 2.59 bits per heavy atom. The van der Waals surface area contributed by atoms with Crippen molar-refractivity contribution in [3.8, 4) is 17.0 Å². The number of morpholine rings is 1. The van der Waals surface area contributed by atoms with Gasteiger partial charge in [-0.05, 0) is 30.7 Å². The van der Waals surface area contributed by atoms with Crippen molar-refractivity contribution in [3.63, 3.8) is 0 Å². The quantitative estimate of drug-likeness (QED) is 0.733. The monoisotopic (exact) mass is 393 g/mol. The van der Waals surface area contributed by atoms with Crippen LogP contribution in [0.15, 0.2) is 42.7 Å². The lowest BCUT2D eigenvalue weighted by atomic mass is 10.0. The molecule has 5 rings (SSSR count). The number of fused-ring (bicyclic) bond motifs is 1. The second-order valence-corrected chi connectivity index (χ2v) is 7.02. The van der Waals surface area contributed by atoms with Gasteiger partial charge in [-0.3, -0.25) is 4.98 Å². The molecule has 0 aliphatic carbocycles. The van der Waals surface area contributed by atoms with Crippen LogP contribution in [0.3, 0.4) is 0 Å². The largest absolute Gasteiger partial charge is 0.505 e. The van der Waals surface area contributed by atoms with Gasteiger partial charge < -0.3 is 19.6 Å². The van der Waals surface area contributed by atoms with Crippen LogP contribution in [0.25, 0.3) is 11.3 Å². The fourth-order valence-electron chi connectivity index (χ4n) is 3.85. The van der Waals surface area contributed by atoms with Gasteiger partial charge in [-0.15, -0.1) is 0 Å². The summed E-state index contributed by atoms with van der Waals surface area (Å²) in [5.41, 5.74) is 2.67. The first-order chi connectivity index (χ1) is 14.2. The average Bonchev–Trinajstić information content (AvgIpc) is 3.20. The molecular weight excluding hydrogens is 373 g/mol. The number of anilines is 3. The van der Waals surface area contributed by atoms with E-state index in [9.17, 15) is 9.50 Å². The van der Waals surface area contributed by atoms with E-state index in [1.807, 2.05) is 12.1 Å².